The summed E-state index contributed by atoms with van der Waals surface area (Å²) in [7, 11) is 1.44. The van der Waals surface area contributed by atoms with Crippen LogP contribution in [0.15, 0.2) is 16.9 Å². The van der Waals surface area contributed by atoms with Gasteiger partial charge in [0.2, 0.25) is 0 Å². The van der Waals surface area contributed by atoms with Gasteiger partial charge in [-0.05, 0) is 26.3 Å². The van der Waals surface area contributed by atoms with Crippen LogP contribution in [0.2, 0.25) is 0 Å². The number of aromatic nitrogens is 1. The van der Waals surface area contributed by atoms with E-state index in [0.29, 0.717) is 29.7 Å². The van der Waals surface area contributed by atoms with Crippen molar-refractivity contribution in [2.75, 3.05) is 13.7 Å². The molecule has 140 valence electrons. The molecule has 1 aromatic heterocycles. The van der Waals surface area contributed by atoms with Crippen molar-refractivity contribution in [3.8, 4) is 11.5 Å². The Morgan fingerprint density at radius 1 is 1.19 bits per heavy atom. The van der Waals surface area contributed by atoms with Crippen LogP contribution in [0.5, 0.6) is 11.5 Å². The number of carbonyl (C=O) groups excluding carboxylic acids is 2. The predicted octanol–water partition coefficient (Wildman–Crippen LogP) is 2.90. The topological polar surface area (TPSA) is 94.8 Å². The lowest BCUT2D eigenvalue weighted by Gasteiger charge is -2.16. The Balaban J connectivity index is 2.90. The van der Waals surface area contributed by atoms with Crippen LogP contribution in [-0.2, 0) is 11.3 Å². The number of methoxy groups -OCH3 is 1. The van der Waals surface area contributed by atoms with Gasteiger partial charge in [-0.2, -0.15) is 0 Å². The van der Waals surface area contributed by atoms with Gasteiger partial charge in [0.25, 0.3) is 5.56 Å². The number of aromatic hydroxyl groups is 1. The first-order valence-corrected chi connectivity index (χ1v) is 8.58. The number of carbonyl (C=O) groups is 2. The van der Waals surface area contributed by atoms with Crippen molar-refractivity contribution in [3.63, 3.8) is 0 Å². The molecule has 0 unspecified atom stereocenters. The molecular formula is C19H23NO6. The van der Waals surface area contributed by atoms with Gasteiger partial charge in [-0.25, -0.2) is 4.79 Å². The molecule has 7 heteroatoms. The van der Waals surface area contributed by atoms with E-state index in [-0.39, 0.29) is 24.3 Å². The largest absolute Gasteiger partial charge is 0.506 e. The SMILES string of the molecule is CCCC(=O)c1cc2c(O)c(C(=O)OCC)c(=O)n(CC)c2cc1OC. The number of Topliss-reactive ketones (excluding diaryl/α,β-unsaturated/α-hetero) is 1. The molecule has 26 heavy (non-hydrogen) atoms. The molecule has 2 aromatic rings. The molecule has 0 fully saturated rings. The van der Waals surface area contributed by atoms with E-state index in [1.807, 2.05) is 6.92 Å². The Bertz CT molecular complexity index is 913. The van der Waals surface area contributed by atoms with Crippen LogP contribution in [0.3, 0.4) is 0 Å². The minimum atomic E-state index is -0.892. The first-order chi connectivity index (χ1) is 12.4. The highest BCUT2D eigenvalue weighted by molar-refractivity contribution is 6.05. The normalized spacial score (nSPS) is 10.8. The van der Waals surface area contributed by atoms with Crippen molar-refractivity contribution < 1.29 is 24.2 Å². The highest BCUT2D eigenvalue weighted by Crippen LogP contribution is 2.33. The molecule has 0 aliphatic heterocycles. The molecule has 0 bridgehead atoms. The number of hydrogen-bond acceptors (Lipinski definition) is 6. The number of aryl methyl sites for hydroxylation is 1. The van der Waals surface area contributed by atoms with Crippen LogP contribution < -0.4 is 10.3 Å². The van der Waals surface area contributed by atoms with Crippen LogP contribution in [0, 0.1) is 0 Å². The molecule has 0 radical (unpaired) electrons. The Kier molecular flexibility index (Phi) is 6.02. The molecule has 0 spiro atoms. The zero-order valence-corrected chi connectivity index (χ0v) is 15.4. The first-order valence-electron chi connectivity index (χ1n) is 8.58. The van der Waals surface area contributed by atoms with Crippen molar-refractivity contribution in [2.24, 2.45) is 0 Å². The van der Waals surface area contributed by atoms with Gasteiger partial charge in [0.15, 0.2) is 11.3 Å². The number of ketones is 1. The first kappa shape index (κ1) is 19.5. The Morgan fingerprint density at radius 2 is 1.88 bits per heavy atom. The van der Waals surface area contributed by atoms with Crippen molar-refractivity contribution >= 4 is 22.7 Å². The van der Waals surface area contributed by atoms with E-state index in [0.717, 1.165) is 0 Å². The number of hydrogen-bond donors (Lipinski definition) is 1. The Morgan fingerprint density at radius 3 is 2.42 bits per heavy atom. The van der Waals surface area contributed by atoms with E-state index in [1.165, 1.54) is 23.8 Å². The van der Waals surface area contributed by atoms with Gasteiger partial charge in [0.05, 0.1) is 24.8 Å². The third-order valence-electron chi connectivity index (χ3n) is 4.13. The molecule has 1 N–H and O–H groups in total. The number of benzene rings is 1. The fourth-order valence-electron chi connectivity index (χ4n) is 2.91. The summed E-state index contributed by atoms with van der Waals surface area (Å²) in [5, 5.41) is 10.8. The van der Waals surface area contributed by atoms with Crippen molar-refractivity contribution in [1.82, 2.24) is 4.57 Å². The third kappa shape index (κ3) is 3.29. The summed E-state index contributed by atoms with van der Waals surface area (Å²) < 4.78 is 11.5. The summed E-state index contributed by atoms with van der Waals surface area (Å²) in [5.41, 5.74) is -0.396. The number of esters is 1. The molecule has 1 aromatic carbocycles. The van der Waals surface area contributed by atoms with E-state index in [4.69, 9.17) is 9.47 Å². The molecule has 7 nitrogen and oxygen atoms in total. The second kappa shape index (κ2) is 8.03. The van der Waals surface area contributed by atoms with Gasteiger partial charge in [-0.3, -0.25) is 9.59 Å². The van der Waals surface area contributed by atoms with Crippen molar-refractivity contribution in [2.45, 2.75) is 40.2 Å². The van der Waals surface area contributed by atoms with Crippen LogP contribution >= 0.6 is 0 Å². The summed E-state index contributed by atoms with van der Waals surface area (Å²) >= 11 is 0. The monoisotopic (exact) mass is 361 g/mol. The zero-order chi connectivity index (χ0) is 19.4. The standard InChI is InChI=1S/C19H23NO6/c1-5-8-14(21)12-9-11-13(10-15(12)25-4)20(6-2)18(23)16(17(11)22)19(24)26-7-3/h9-10,22H,5-8H2,1-4H3. The van der Waals surface area contributed by atoms with Gasteiger partial charge in [0.1, 0.15) is 11.5 Å². The minimum absolute atomic E-state index is 0.0741. The molecule has 0 aliphatic carbocycles. The lowest BCUT2D eigenvalue weighted by atomic mass is 10.0. The van der Waals surface area contributed by atoms with Gasteiger partial charge < -0.3 is 19.1 Å². The van der Waals surface area contributed by atoms with Crippen molar-refractivity contribution in [1.29, 1.82) is 0 Å². The molecular weight excluding hydrogens is 338 g/mol. The second-order valence-corrected chi connectivity index (χ2v) is 5.74. The number of nitrogens with zero attached hydrogens (tertiary/aromatic N) is 1. The van der Waals surface area contributed by atoms with Crippen LogP contribution in [-0.4, -0.2) is 35.1 Å². The van der Waals surface area contributed by atoms with Crippen LogP contribution in [0.1, 0.15) is 54.3 Å². The molecule has 1 heterocycles. The number of pyridine rings is 1. The molecule has 0 saturated carbocycles. The number of ether oxygens (including phenoxy) is 2. The van der Waals surface area contributed by atoms with Crippen LogP contribution in [0.25, 0.3) is 10.9 Å². The summed E-state index contributed by atoms with van der Waals surface area (Å²) in [6.07, 6.45) is 0.981. The highest BCUT2D eigenvalue weighted by Gasteiger charge is 2.25. The van der Waals surface area contributed by atoms with E-state index < -0.39 is 22.8 Å². The van der Waals surface area contributed by atoms with Gasteiger partial charge in [-0.15, -0.1) is 0 Å². The van der Waals surface area contributed by atoms with E-state index in [9.17, 15) is 19.5 Å². The summed E-state index contributed by atoms with van der Waals surface area (Å²) in [6.45, 7) is 5.59. The van der Waals surface area contributed by atoms with Crippen LogP contribution in [0.4, 0.5) is 0 Å². The van der Waals surface area contributed by atoms with Gasteiger partial charge >= 0.3 is 5.97 Å². The van der Waals surface area contributed by atoms with Gasteiger partial charge in [0, 0.05) is 24.4 Å². The smallest absolute Gasteiger partial charge is 0.347 e. The second-order valence-electron chi connectivity index (χ2n) is 5.74. The van der Waals surface area contributed by atoms with E-state index in [1.54, 1.807) is 13.8 Å². The maximum Gasteiger partial charge on any atom is 0.347 e. The Hall–Kier alpha value is -2.83. The fraction of sp³-hybridized carbons (Fsp3) is 0.421. The van der Waals surface area contributed by atoms with E-state index in [2.05, 4.69) is 0 Å². The average Bonchev–Trinajstić information content (AvgIpc) is 2.61. The zero-order valence-electron chi connectivity index (χ0n) is 15.4. The average molecular weight is 361 g/mol. The minimum Gasteiger partial charge on any atom is -0.506 e. The summed E-state index contributed by atoms with van der Waals surface area (Å²) in [5.74, 6) is -1.20. The summed E-state index contributed by atoms with van der Waals surface area (Å²) in [4.78, 5) is 37.2. The molecule has 0 atom stereocenters. The molecule has 0 saturated heterocycles. The van der Waals surface area contributed by atoms with Crippen molar-refractivity contribution in [3.05, 3.63) is 33.6 Å². The predicted molar refractivity (Wildman–Crippen MR) is 97.3 cm³/mol. The lowest BCUT2D eigenvalue weighted by molar-refractivity contribution is 0.0520. The maximum atomic E-state index is 12.7. The third-order valence-corrected chi connectivity index (χ3v) is 4.13. The Labute approximate surface area is 151 Å². The number of fused-ring (bicyclic) bond motifs is 1. The maximum absolute atomic E-state index is 12.7. The molecule has 2 rings (SSSR count). The van der Waals surface area contributed by atoms with Gasteiger partial charge in [-0.1, -0.05) is 6.92 Å². The number of rotatable bonds is 7. The summed E-state index contributed by atoms with van der Waals surface area (Å²) in [6, 6.07) is 3.01. The fourth-order valence-corrected chi connectivity index (χ4v) is 2.91. The quantitative estimate of drug-likeness (QED) is 0.602. The molecule has 0 aliphatic rings. The van der Waals surface area contributed by atoms with E-state index >= 15 is 0 Å². The lowest BCUT2D eigenvalue weighted by Crippen LogP contribution is -2.27. The molecule has 0 amide bonds. The highest BCUT2D eigenvalue weighted by atomic mass is 16.5.